The lowest BCUT2D eigenvalue weighted by Gasteiger charge is -2.31. The summed E-state index contributed by atoms with van der Waals surface area (Å²) < 4.78 is 52.7. The number of nitrogens with zero attached hydrogens (tertiary/aromatic N) is 1. The van der Waals surface area contributed by atoms with Crippen LogP contribution in [0.15, 0.2) is 58.3 Å². The molecule has 0 unspecified atom stereocenters. The minimum absolute atomic E-state index is 0.215. The minimum Gasteiger partial charge on any atom is -0.223 e. The summed E-state index contributed by atoms with van der Waals surface area (Å²) in [5, 5.41) is -0.546. The second-order valence-electron chi connectivity index (χ2n) is 6.73. The van der Waals surface area contributed by atoms with Gasteiger partial charge in [-0.1, -0.05) is 35.9 Å². The second kappa shape index (κ2) is 7.13. The van der Waals surface area contributed by atoms with E-state index in [1.54, 1.807) is 49.4 Å². The van der Waals surface area contributed by atoms with E-state index in [2.05, 4.69) is 0 Å². The first-order valence-corrected chi connectivity index (χ1v) is 11.6. The summed E-state index contributed by atoms with van der Waals surface area (Å²) in [6.45, 7) is 4.13. The van der Waals surface area contributed by atoms with E-state index in [1.807, 2.05) is 13.0 Å². The Bertz CT molecular complexity index is 991. The standard InChI is InChI=1S/C19H23NO4S2/c1-15-8-9-19(16(2)14-15)26(23,24)20-12-10-18(11-13-20)25(21,22)17-6-4-3-5-7-17/h3-9,14,18H,10-13H2,1-2H3. The Balaban J connectivity index is 1.78. The molecule has 1 aliphatic heterocycles. The van der Waals surface area contributed by atoms with Crippen LogP contribution >= 0.6 is 0 Å². The highest BCUT2D eigenvalue weighted by molar-refractivity contribution is 7.92. The van der Waals surface area contributed by atoms with E-state index in [0.717, 1.165) is 5.56 Å². The highest BCUT2D eigenvalue weighted by atomic mass is 32.2. The van der Waals surface area contributed by atoms with Gasteiger partial charge in [0.05, 0.1) is 15.0 Å². The highest BCUT2D eigenvalue weighted by Crippen LogP contribution is 2.28. The fraction of sp³-hybridized carbons (Fsp3) is 0.368. The summed E-state index contributed by atoms with van der Waals surface area (Å²) in [5.41, 5.74) is 1.72. The van der Waals surface area contributed by atoms with E-state index in [1.165, 1.54) is 4.31 Å². The smallest absolute Gasteiger partial charge is 0.223 e. The summed E-state index contributed by atoms with van der Waals surface area (Å²) >= 11 is 0. The first-order chi connectivity index (χ1) is 12.2. The Hall–Kier alpha value is -1.70. The van der Waals surface area contributed by atoms with Crippen LogP contribution < -0.4 is 0 Å². The fourth-order valence-corrected chi connectivity index (χ4v) is 6.84. The molecule has 3 rings (SSSR count). The van der Waals surface area contributed by atoms with E-state index in [4.69, 9.17) is 0 Å². The van der Waals surface area contributed by atoms with Crippen LogP contribution in [-0.2, 0) is 19.9 Å². The van der Waals surface area contributed by atoms with Crippen LogP contribution in [0.25, 0.3) is 0 Å². The number of hydrogen-bond donors (Lipinski definition) is 0. The number of sulfonamides is 1. The Morgan fingerprint density at radius 3 is 2.08 bits per heavy atom. The predicted molar refractivity (Wildman–Crippen MR) is 101 cm³/mol. The number of sulfone groups is 1. The van der Waals surface area contributed by atoms with Crippen LogP contribution in [0, 0.1) is 13.8 Å². The van der Waals surface area contributed by atoms with E-state index < -0.39 is 25.1 Å². The molecule has 0 amide bonds. The van der Waals surface area contributed by atoms with Gasteiger partial charge in [0.1, 0.15) is 0 Å². The van der Waals surface area contributed by atoms with Crippen molar-refractivity contribution in [2.75, 3.05) is 13.1 Å². The molecular formula is C19H23NO4S2. The molecule has 0 aliphatic carbocycles. The number of benzene rings is 2. The summed E-state index contributed by atoms with van der Waals surface area (Å²) in [5.74, 6) is 0. The molecule has 2 aromatic rings. The van der Waals surface area contributed by atoms with Crippen LogP contribution in [0.1, 0.15) is 24.0 Å². The van der Waals surface area contributed by atoms with Gasteiger partial charge in [-0.15, -0.1) is 0 Å². The minimum atomic E-state index is -3.60. The van der Waals surface area contributed by atoms with Crippen LogP contribution in [-0.4, -0.2) is 39.5 Å². The molecule has 0 aromatic heterocycles. The van der Waals surface area contributed by atoms with E-state index in [9.17, 15) is 16.8 Å². The first-order valence-electron chi connectivity index (χ1n) is 8.59. The molecule has 0 saturated carbocycles. The van der Waals surface area contributed by atoms with Crippen molar-refractivity contribution in [3.63, 3.8) is 0 Å². The topological polar surface area (TPSA) is 71.5 Å². The van der Waals surface area contributed by atoms with Crippen molar-refractivity contribution >= 4 is 19.9 Å². The van der Waals surface area contributed by atoms with Crippen LogP contribution in [0.2, 0.25) is 0 Å². The molecule has 2 aromatic carbocycles. The molecule has 140 valence electrons. The molecule has 1 fully saturated rings. The quantitative estimate of drug-likeness (QED) is 0.801. The van der Waals surface area contributed by atoms with E-state index in [0.29, 0.717) is 28.2 Å². The van der Waals surface area contributed by atoms with Gasteiger partial charge in [-0.3, -0.25) is 0 Å². The normalized spacial score (nSPS) is 17.3. The summed E-state index contributed by atoms with van der Waals surface area (Å²) in [4.78, 5) is 0.600. The van der Waals surface area contributed by atoms with Gasteiger partial charge in [0.25, 0.3) is 0 Å². The molecular weight excluding hydrogens is 370 g/mol. The number of hydrogen-bond acceptors (Lipinski definition) is 4. The lowest BCUT2D eigenvalue weighted by molar-refractivity contribution is 0.345. The molecule has 26 heavy (non-hydrogen) atoms. The van der Waals surface area contributed by atoms with Crippen LogP contribution in [0.4, 0.5) is 0 Å². The van der Waals surface area contributed by atoms with Gasteiger partial charge in [-0.2, -0.15) is 4.31 Å². The third-order valence-electron chi connectivity index (χ3n) is 4.86. The van der Waals surface area contributed by atoms with Crippen molar-refractivity contribution in [1.29, 1.82) is 0 Å². The average Bonchev–Trinajstić information content (AvgIpc) is 2.62. The maximum Gasteiger partial charge on any atom is 0.243 e. The molecule has 0 spiro atoms. The lowest BCUT2D eigenvalue weighted by atomic mass is 10.2. The van der Waals surface area contributed by atoms with Gasteiger partial charge in [0.15, 0.2) is 9.84 Å². The van der Waals surface area contributed by atoms with Gasteiger partial charge in [-0.05, 0) is 50.5 Å². The molecule has 0 bridgehead atoms. The van der Waals surface area contributed by atoms with Crippen molar-refractivity contribution in [2.45, 2.75) is 41.7 Å². The summed E-state index contributed by atoms with van der Waals surface area (Å²) in [6.07, 6.45) is 0.614. The molecule has 1 saturated heterocycles. The van der Waals surface area contributed by atoms with Crippen molar-refractivity contribution in [2.24, 2.45) is 0 Å². The SMILES string of the molecule is Cc1ccc(S(=O)(=O)N2CCC(S(=O)(=O)c3ccccc3)CC2)c(C)c1. The maximum atomic E-state index is 12.9. The van der Waals surface area contributed by atoms with Crippen molar-refractivity contribution in [1.82, 2.24) is 4.31 Å². The average molecular weight is 394 g/mol. The lowest BCUT2D eigenvalue weighted by Crippen LogP contribution is -2.42. The van der Waals surface area contributed by atoms with Crippen LogP contribution in [0.5, 0.6) is 0 Å². The van der Waals surface area contributed by atoms with E-state index in [-0.39, 0.29) is 13.1 Å². The Morgan fingerprint density at radius 2 is 1.50 bits per heavy atom. The summed E-state index contributed by atoms with van der Waals surface area (Å²) in [6, 6.07) is 13.6. The zero-order valence-corrected chi connectivity index (χ0v) is 16.6. The monoisotopic (exact) mass is 393 g/mol. The Labute approximate surface area is 155 Å². The first kappa shape index (κ1) is 19.1. The van der Waals surface area contributed by atoms with Gasteiger partial charge in [0.2, 0.25) is 10.0 Å². The number of piperidine rings is 1. The van der Waals surface area contributed by atoms with Gasteiger partial charge in [0, 0.05) is 13.1 Å². The predicted octanol–water partition coefficient (Wildman–Crippen LogP) is 2.93. The van der Waals surface area contributed by atoms with Crippen LogP contribution in [0.3, 0.4) is 0 Å². The second-order valence-corrected chi connectivity index (χ2v) is 10.9. The third-order valence-corrected chi connectivity index (χ3v) is 9.20. The zero-order valence-electron chi connectivity index (χ0n) is 14.9. The Morgan fingerprint density at radius 1 is 0.885 bits per heavy atom. The molecule has 0 N–H and O–H groups in total. The largest absolute Gasteiger partial charge is 0.243 e. The molecule has 1 heterocycles. The maximum absolute atomic E-state index is 12.9. The van der Waals surface area contributed by atoms with Gasteiger partial charge < -0.3 is 0 Å². The van der Waals surface area contributed by atoms with Crippen molar-refractivity contribution < 1.29 is 16.8 Å². The fourth-order valence-electron chi connectivity index (χ4n) is 3.41. The summed E-state index contributed by atoms with van der Waals surface area (Å²) in [7, 11) is -7.04. The van der Waals surface area contributed by atoms with Crippen molar-refractivity contribution in [3.05, 3.63) is 59.7 Å². The van der Waals surface area contributed by atoms with E-state index >= 15 is 0 Å². The number of aryl methyl sites for hydroxylation is 2. The molecule has 0 atom stereocenters. The zero-order chi connectivity index (χ0) is 18.9. The van der Waals surface area contributed by atoms with Gasteiger partial charge in [-0.25, -0.2) is 16.8 Å². The molecule has 0 radical (unpaired) electrons. The number of rotatable bonds is 4. The Kier molecular flexibility index (Phi) is 5.23. The molecule has 5 nitrogen and oxygen atoms in total. The highest BCUT2D eigenvalue weighted by Gasteiger charge is 2.36. The van der Waals surface area contributed by atoms with Gasteiger partial charge >= 0.3 is 0 Å². The third kappa shape index (κ3) is 3.56. The van der Waals surface area contributed by atoms with Crippen molar-refractivity contribution in [3.8, 4) is 0 Å². The molecule has 1 aliphatic rings. The molecule has 7 heteroatoms.